The van der Waals surface area contributed by atoms with E-state index >= 15 is 0 Å². The smallest absolute Gasteiger partial charge is 1.00 e. The largest absolute Gasteiger partial charge is 2.00 e. The molecule has 2 aromatic carbocycles. The Morgan fingerprint density at radius 1 is 0.850 bits per heavy atom. The standard InChI is InChI=1S/C12H11N.FH.H3O4P.Zn/c1-3-7-11(8-4-1)13-12-9-5-2-6-10-12;;1-5(2,3)4;/h1-10,13H;1H;(H3,1,2,3,4);/q;;;+2/p-2. The van der Waals surface area contributed by atoms with Crippen molar-refractivity contribution >= 4 is 19.2 Å². The quantitative estimate of drug-likeness (QED) is 0.471. The molecular formula is C12H13FNO4PZn. The Kier molecular flexibility index (Phi) is 11.3. The Morgan fingerprint density at radius 2 is 1.10 bits per heavy atom. The SMILES string of the molecule is O=P([O-])(O)O.[F-].[Zn+2].c1ccc(Nc2ccccc2)cc1. The van der Waals surface area contributed by atoms with Crippen molar-refractivity contribution in [3.63, 3.8) is 0 Å². The number of hydrogen-bond donors (Lipinski definition) is 3. The van der Waals surface area contributed by atoms with E-state index in [1.54, 1.807) is 0 Å². The molecule has 0 amide bonds. The van der Waals surface area contributed by atoms with Gasteiger partial charge in [0.05, 0.1) is 0 Å². The fourth-order valence-electron chi connectivity index (χ4n) is 1.21. The predicted molar refractivity (Wildman–Crippen MR) is 68.2 cm³/mol. The Morgan fingerprint density at radius 3 is 1.35 bits per heavy atom. The second-order valence-corrected chi connectivity index (χ2v) is 4.33. The first-order valence-electron chi connectivity index (χ1n) is 5.09. The minimum Gasteiger partial charge on any atom is -1.00 e. The first-order chi connectivity index (χ1) is 8.45. The summed E-state index contributed by atoms with van der Waals surface area (Å²) in [7, 11) is -4.89. The van der Waals surface area contributed by atoms with Crippen LogP contribution in [0.1, 0.15) is 0 Å². The van der Waals surface area contributed by atoms with E-state index in [4.69, 9.17) is 19.2 Å². The van der Waals surface area contributed by atoms with Crippen LogP contribution in [0.25, 0.3) is 0 Å². The van der Waals surface area contributed by atoms with Crippen molar-refractivity contribution in [1.29, 1.82) is 0 Å². The van der Waals surface area contributed by atoms with Crippen LogP contribution in [-0.2, 0) is 24.0 Å². The third-order valence-electron chi connectivity index (χ3n) is 1.84. The van der Waals surface area contributed by atoms with E-state index in [1.165, 1.54) is 0 Å². The van der Waals surface area contributed by atoms with Gasteiger partial charge in [-0.1, -0.05) is 36.4 Å². The van der Waals surface area contributed by atoms with Crippen LogP contribution in [0.5, 0.6) is 0 Å². The van der Waals surface area contributed by atoms with Crippen LogP contribution in [0.15, 0.2) is 60.7 Å². The second kappa shape index (κ2) is 10.7. The van der Waals surface area contributed by atoms with Gasteiger partial charge < -0.3 is 24.7 Å². The number of benzene rings is 2. The molecule has 2 rings (SSSR count). The molecule has 0 saturated heterocycles. The maximum absolute atomic E-state index is 8.77. The molecule has 104 valence electrons. The zero-order chi connectivity index (χ0) is 13.4. The van der Waals surface area contributed by atoms with E-state index in [9.17, 15) is 0 Å². The molecule has 0 spiro atoms. The van der Waals surface area contributed by atoms with E-state index < -0.39 is 7.82 Å². The number of para-hydroxylation sites is 2. The van der Waals surface area contributed by atoms with E-state index in [1.807, 2.05) is 60.7 Å². The molecule has 20 heavy (non-hydrogen) atoms. The topological polar surface area (TPSA) is 92.6 Å². The van der Waals surface area contributed by atoms with Gasteiger partial charge in [-0.2, -0.15) is 0 Å². The van der Waals surface area contributed by atoms with Gasteiger partial charge in [0.15, 0.2) is 0 Å². The summed E-state index contributed by atoms with van der Waals surface area (Å²) >= 11 is 0. The van der Waals surface area contributed by atoms with E-state index in [2.05, 4.69) is 5.32 Å². The molecule has 0 bridgehead atoms. The van der Waals surface area contributed by atoms with Gasteiger partial charge in [0.1, 0.15) is 0 Å². The molecule has 0 aliphatic rings. The molecule has 3 N–H and O–H groups in total. The van der Waals surface area contributed by atoms with Crippen molar-refractivity contribution in [2.24, 2.45) is 0 Å². The second-order valence-electron chi connectivity index (χ2n) is 3.35. The summed E-state index contributed by atoms with van der Waals surface area (Å²) in [4.78, 5) is 22.9. The summed E-state index contributed by atoms with van der Waals surface area (Å²) in [6.07, 6.45) is 0. The summed E-state index contributed by atoms with van der Waals surface area (Å²) in [5.41, 5.74) is 2.24. The van der Waals surface area contributed by atoms with Crippen molar-refractivity contribution in [3.8, 4) is 0 Å². The Hall–Kier alpha value is -1.10. The summed E-state index contributed by atoms with van der Waals surface area (Å²) < 4.78 is 8.77. The van der Waals surface area contributed by atoms with Crippen molar-refractivity contribution in [2.45, 2.75) is 0 Å². The Bertz CT molecular complexity index is 464. The van der Waals surface area contributed by atoms with Gasteiger partial charge in [-0.05, 0) is 24.3 Å². The van der Waals surface area contributed by atoms with Crippen molar-refractivity contribution in [2.75, 3.05) is 5.32 Å². The van der Waals surface area contributed by atoms with Crippen LogP contribution in [0, 0.1) is 0 Å². The fourth-order valence-corrected chi connectivity index (χ4v) is 1.21. The van der Waals surface area contributed by atoms with E-state index in [0.29, 0.717) is 0 Å². The summed E-state index contributed by atoms with van der Waals surface area (Å²) in [6.45, 7) is 0. The van der Waals surface area contributed by atoms with Crippen LogP contribution in [0.4, 0.5) is 11.4 Å². The van der Waals surface area contributed by atoms with Crippen LogP contribution < -0.4 is 14.9 Å². The molecule has 2 aromatic rings. The van der Waals surface area contributed by atoms with Crippen LogP contribution in [0.3, 0.4) is 0 Å². The zero-order valence-corrected chi connectivity index (χ0v) is 14.4. The first-order valence-corrected chi connectivity index (χ1v) is 6.62. The van der Waals surface area contributed by atoms with Crippen LogP contribution in [0.2, 0.25) is 0 Å². The molecule has 0 aliphatic heterocycles. The normalized spacial score (nSPS) is 9.15. The minimum atomic E-state index is -4.89. The molecule has 0 unspecified atom stereocenters. The maximum Gasteiger partial charge on any atom is 2.00 e. The van der Waals surface area contributed by atoms with Crippen molar-refractivity contribution < 1.29 is 43.4 Å². The minimum absolute atomic E-state index is 0. The number of anilines is 2. The molecule has 0 radical (unpaired) electrons. The van der Waals surface area contributed by atoms with Gasteiger partial charge in [-0.25, -0.2) is 0 Å². The molecular weight excluding hydrogens is 337 g/mol. The molecule has 0 saturated carbocycles. The molecule has 0 aromatic heterocycles. The van der Waals surface area contributed by atoms with Gasteiger partial charge in [0.25, 0.3) is 7.82 Å². The van der Waals surface area contributed by atoms with Gasteiger partial charge in [-0.3, -0.25) is 4.57 Å². The van der Waals surface area contributed by atoms with Gasteiger partial charge >= 0.3 is 19.5 Å². The predicted octanol–water partition coefficient (Wildman–Crippen LogP) is -1.13. The summed E-state index contributed by atoms with van der Waals surface area (Å²) in [5.74, 6) is 0. The van der Waals surface area contributed by atoms with Crippen LogP contribution >= 0.6 is 7.82 Å². The molecule has 8 heteroatoms. The molecule has 5 nitrogen and oxygen atoms in total. The Balaban J connectivity index is 0. The molecule has 0 atom stereocenters. The summed E-state index contributed by atoms with van der Waals surface area (Å²) in [5, 5.41) is 3.30. The first kappa shape index (κ1) is 21.2. The number of hydrogen-bond acceptors (Lipinski definition) is 3. The van der Waals surface area contributed by atoms with Crippen molar-refractivity contribution in [3.05, 3.63) is 60.7 Å². The number of nitrogens with one attached hydrogen (secondary N) is 1. The van der Waals surface area contributed by atoms with Crippen LogP contribution in [-0.4, -0.2) is 9.79 Å². The molecule has 0 aliphatic carbocycles. The monoisotopic (exact) mass is 349 g/mol. The van der Waals surface area contributed by atoms with E-state index in [-0.39, 0.29) is 24.2 Å². The number of phosphoric acid groups is 1. The zero-order valence-electron chi connectivity index (χ0n) is 10.5. The Labute approximate surface area is 129 Å². The molecule has 0 heterocycles. The van der Waals surface area contributed by atoms with Gasteiger partial charge in [0.2, 0.25) is 0 Å². The number of rotatable bonds is 2. The van der Waals surface area contributed by atoms with Crippen molar-refractivity contribution in [1.82, 2.24) is 0 Å². The average Bonchev–Trinajstić information content (AvgIpc) is 2.29. The number of halogens is 1. The van der Waals surface area contributed by atoms with Gasteiger partial charge in [-0.15, -0.1) is 0 Å². The summed E-state index contributed by atoms with van der Waals surface area (Å²) in [6, 6.07) is 20.3. The maximum atomic E-state index is 8.77. The van der Waals surface area contributed by atoms with Gasteiger partial charge in [0, 0.05) is 11.4 Å². The third-order valence-corrected chi connectivity index (χ3v) is 1.84. The third kappa shape index (κ3) is 12.0. The van der Waals surface area contributed by atoms with E-state index in [0.717, 1.165) is 11.4 Å². The fraction of sp³-hybridized carbons (Fsp3) is 0. The average molecular weight is 351 g/mol. The molecule has 0 fully saturated rings.